The van der Waals surface area contributed by atoms with Crippen LogP contribution >= 0.6 is 12.4 Å². The van der Waals surface area contributed by atoms with Crippen molar-refractivity contribution in [2.24, 2.45) is 12.8 Å². The third-order valence-electron chi connectivity index (χ3n) is 2.47. The molecule has 0 radical (unpaired) electrons. The molecule has 0 aliphatic heterocycles. The smallest absolute Gasteiger partial charge is 0.259 e. The van der Waals surface area contributed by atoms with Gasteiger partial charge in [-0.05, 0) is 6.42 Å². The summed E-state index contributed by atoms with van der Waals surface area (Å²) in [5.74, 6) is 0. The topological polar surface area (TPSA) is 90.0 Å². The number of nitrogens with one attached hydrogen (secondary N) is 1. The summed E-state index contributed by atoms with van der Waals surface area (Å²) < 4.78 is 28.0. The van der Waals surface area contributed by atoms with Crippen molar-refractivity contribution in [2.75, 3.05) is 6.54 Å². The Balaban J connectivity index is 0.00000289. The van der Waals surface area contributed by atoms with E-state index < -0.39 is 10.0 Å². The van der Waals surface area contributed by atoms with Gasteiger partial charge in [-0.25, -0.2) is 18.1 Å². The Bertz CT molecular complexity index is 446. The molecule has 8 heteroatoms. The van der Waals surface area contributed by atoms with Crippen LogP contribution in [0.3, 0.4) is 0 Å². The van der Waals surface area contributed by atoms with Crippen LogP contribution in [0, 0.1) is 0 Å². The molecule has 18 heavy (non-hydrogen) atoms. The minimum absolute atomic E-state index is 0. The molecule has 0 saturated heterocycles. The molecule has 1 unspecified atom stereocenters. The highest BCUT2D eigenvalue weighted by molar-refractivity contribution is 7.89. The van der Waals surface area contributed by atoms with Gasteiger partial charge in [-0.15, -0.1) is 12.4 Å². The standard InChI is InChI=1S/C10H20N4O2S.ClH/c1-3-4-5-9(6-11)13-17(15,16)10-7-14(2)8-12-10;/h7-9,13H,3-6,11H2,1-2H3;1H. The zero-order valence-corrected chi connectivity index (χ0v) is 12.3. The van der Waals surface area contributed by atoms with Crippen LogP contribution in [0.15, 0.2) is 17.6 Å². The van der Waals surface area contributed by atoms with Gasteiger partial charge >= 0.3 is 0 Å². The number of halogens is 1. The van der Waals surface area contributed by atoms with Gasteiger partial charge in [0.1, 0.15) is 0 Å². The zero-order valence-electron chi connectivity index (χ0n) is 10.7. The number of imidazole rings is 1. The van der Waals surface area contributed by atoms with E-state index in [2.05, 4.69) is 16.6 Å². The van der Waals surface area contributed by atoms with E-state index >= 15 is 0 Å². The van der Waals surface area contributed by atoms with E-state index in [0.717, 1.165) is 19.3 Å². The van der Waals surface area contributed by atoms with E-state index in [0.29, 0.717) is 6.54 Å². The van der Waals surface area contributed by atoms with Crippen molar-refractivity contribution in [2.45, 2.75) is 37.3 Å². The Morgan fingerprint density at radius 2 is 2.22 bits per heavy atom. The van der Waals surface area contributed by atoms with Gasteiger partial charge in [-0.1, -0.05) is 19.8 Å². The molecular formula is C10H21ClN4O2S. The molecule has 106 valence electrons. The zero-order chi connectivity index (χ0) is 12.9. The predicted octanol–water partition coefficient (Wildman–Crippen LogP) is 0.638. The average molecular weight is 297 g/mol. The Labute approximate surface area is 114 Å². The van der Waals surface area contributed by atoms with Crippen molar-refractivity contribution in [3.05, 3.63) is 12.5 Å². The highest BCUT2D eigenvalue weighted by atomic mass is 35.5. The van der Waals surface area contributed by atoms with Gasteiger partial charge in [0, 0.05) is 25.8 Å². The normalized spacial score (nSPS) is 13.1. The third kappa shape index (κ3) is 4.93. The maximum absolute atomic E-state index is 11.9. The molecule has 3 N–H and O–H groups in total. The first-order valence-electron chi connectivity index (χ1n) is 5.70. The summed E-state index contributed by atoms with van der Waals surface area (Å²) in [7, 11) is -1.82. The van der Waals surface area contributed by atoms with E-state index in [1.165, 1.54) is 12.5 Å². The quantitative estimate of drug-likeness (QED) is 0.772. The van der Waals surface area contributed by atoms with Crippen LogP contribution in [0.25, 0.3) is 0 Å². The summed E-state index contributed by atoms with van der Waals surface area (Å²) in [5, 5.41) is 0.0370. The molecule has 0 amide bonds. The molecule has 0 spiro atoms. The Morgan fingerprint density at radius 3 is 2.67 bits per heavy atom. The lowest BCUT2D eigenvalue weighted by atomic mass is 10.1. The molecule has 1 aromatic heterocycles. The molecule has 0 fully saturated rings. The first-order chi connectivity index (χ1) is 7.99. The minimum atomic E-state index is -3.54. The fourth-order valence-corrected chi connectivity index (χ4v) is 2.75. The summed E-state index contributed by atoms with van der Waals surface area (Å²) >= 11 is 0. The van der Waals surface area contributed by atoms with E-state index in [1.807, 2.05) is 0 Å². The van der Waals surface area contributed by atoms with Crippen molar-refractivity contribution < 1.29 is 8.42 Å². The number of rotatable bonds is 7. The van der Waals surface area contributed by atoms with E-state index in [1.54, 1.807) is 11.6 Å². The molecule has 6 nitrogen and oxygen atoms in total. The fraction of sp³-hybridized carbons (Fsp3) is 0.700. The van der Waals surface area contributed by atoms with E-state index in [-0.39, 0.29) is 23.5 Å². The fourth-order valence-electron chi connectivity index (χ4n) is 1.48. The van der Waals surface area contributed by atoms with Crippen LogP contribution in [0.2, 0.25) is 0 Å². The second kappa shape index (κ2) is 7.73. The van der Waals surface area contributed by atoms with Gasteiger partial charge in [-0.2, -0.15) is 0 Å². The summed E-state index contributed by atoms with van der Waals surface area (Å²) in [4.78, 5) is 3.83. The van der Waals surface area contributed by atoms with Crippen molar-refractivity contribution >= 4 is 22.4 Å². The van der Waals surface area contributed by atoms with Gasteiger partial charge < -0.3 is 10.3 Å². The van der Waals surface area contributed by atoms with Crippen LogP contribution in [-0.4, -0.2) is 30.6 Å². The first kappa shape index (κ1) is 17.4. The van der Waals surface area contributed by atoms with E-state index in [4.69, 9.17) is 5.73 Å². The third-order valence-corrected chi connectivity index (χ3v) is 3.87. The van der Waals surface area contributed by atoms with Crippen molar-refractivity contribution in [1.82, 2.24) is 14.3 Å². The van der Waals surface area contributed by atoms with Crippen LogP contribution in [0.4, 0.5) is 0 Å². The molecule has 0 aliphatic rings. The van der Waals surface area contributed by atoms with Crippen LogP contribution in [-0.2, 0) is 17.1 Å². The summed E-state index contributed by atoms with van der Waals surface area (Å²) in [6, 6.07) is -0.220. The number of aryl methyl sites for hydroxylation is 1. The maximum atomic E-state index is 11.9. The number of hydrogen-bond acceptors (Lipinski definition) is 4. The molecule has 1 rings (SSSR count). The predicted molar refractivity (Wildman–Crippen MR) is 73.1 cm³/mol. The molecule has 0 saturated carbocycles. The maximum Gasteiger partial charge on any atom is 0.259 e. The second-order valence-corrected chi connectivity index (χ2v) is 5.73. The number of unbranched alkanes of at least 4 members (excludes halogenated alkanes) is 1. The number of aromatic nitrogens is 2. The lowest BCUT2D eigenvalue weighted by Gasteiger charge is -2.15. The average Bonchev–Trinajstić information content (AvgIpc) is 2.71. The highest BCUT2D eigenvalue weighted by Crippen LogP contribution is 2.07. The number of hydrogen-bond donors (Lipinski definition) is 2. The molecule has 1 aromatic rings. The number of nitrogens with two attached hydrogens (primary N) is 1. The van der Waals surface area contributed by atoms with Crippen LogP contribution in [0.1, 0.15) is 26.2 Å². The lowest BCUT2D eigenvalue weighted by Crippen LogP contribution is -2.40. The van der Waals surface area contributed by atoms with Gasteiger partial charge in [0.05, 0.1) is 6.33 Å². The largest absolute Gasteiger partial charge is 0.339 e. The Hall–Kier alpha value is -0.630. The summed E-state index contributed by atoms with van der Waals surface area (Å²) in [5.41, 5.74) is 5.55. The molecule has 0 aromatic carbocycles. The van der Waals surface area contributed by atoms with Crippen LogP contribution in [0.5, 0.6) is 0 Å². The Kier molecular flexibility index (Phi) is 7.46. The van der Waals surface area contributed by atoms with Gasteiger partial charge in [0.15, 0.2) is 5.03 Å². The SMILES string of the molecule is CCCCC(CN)NS(=O)(=O)c1cn(C)cn1.Cl. The number of sulfonamides is 1. The second-order valence-electron chi connectivity index (χ2n) is 4.07. The molecule has 1 atom stereocenters. The highest BCUT2D eigenvalue weighted by Gasteiger charge is 2.20. The molecular weight excluding hydrogens is 276 g/mol. The van der Waals surface area contributed by atoms with Crippen molar-refractivity contribution in [1.29, 1.82) is 0 Å². The lowest BCUT2D eigenvalue weighted by molar-refractivity contribution is 0.514. The summed E-state index contributed by atoms with van der Waals surface area (Å²) in [6.45, 7) is 2.35. The van der Waals surface area contributed by atoms with Crippen molar-refractivity contribution in [3.8, 4) is 0 Å². The van der Waals surface area contributed by atoms with Gasteiger partial charge in [-0.3, -0.25) is 0 Å². The number of nitrogens with zero attached hydrogens (tertiary/aromatic N) is 2. The van der Waals surface area contributed by atoms with Crippen molar-refractivity contribution in [3.63, 3.8) is 0 Å². The van der Waals surface area contributed by atoms with Crippen LogP contribution < -0.4 is 10.5 Å². The van der Waals surface area contributed by atoms with Gasteiger partial charge in [0.25, 0.3) is 10.0 Å². The Morgan fingerprint density at radius 1 is 1.56 bits per heavy atom. The summed E-state index contributed by atoms with van der Waals surface area (Å²) in [6.07, 6.45) is 5.64. The van der Waals surface area contributed by atoms with E-state index in [9.17, 15) is 8.42 Å². The molecule has 0 bridgehead atoms. The molecule has 0 aliphatic carbocycles. The minimum Gasteiger partial charge on any atom is -0.339 e. The van der Waals surface area contributed by atoms with Gasteiger partial charge in [0.2, 0.25) is 0 Å². The first-order valence-corrected chi connectivity index (χ1v) is 7.18. The molecule has 1 heterocycles. The monoisotopic (exact) mass is 296 g/mol.